The number of aromatic nitrogens is 2. The Bertz CT molecular complexity index is 623. The lowest BCUT2D eigenvalue weighted by Gasteiger charge is -2.22. The molecule has 21 heavy (non-hydrogen) atoms. The molecule has 0 aliphatic rings. The van der Waals surface area contributed by atoms with Crippen molar-refractivity contribution in [2.75, 3.05) is 11.9 Å². The summed E-state index contributed by atoms with van der Waals surface area (Å²) >= 11 is 6.99. The van der Waals surface area contributed by atoms with Gasteiger partial charge in [-0.15, -0.1) is 16.4 Å². The Hall–Kier alpha value is -1.53. The largest absolute Gasteiger partial charge is 0.389 e. The van der Waals surface area contributed by atoms with Crippen LogP contribution in [0.15, 0.2) is 17.5 Å². The highest BCUT2D eigenvalue weighted by Crippen LogP contribution is 2.25. The van der Waals surface area contributed by atoms with Crippen LogP contribution >= 0.6 is 23.6 Å². The van der Waals surface area contributed by atoms with Crippen LogP contribution in [0, 0.1) is 0 Å². The molecule has 2 heterocycles. The number of nitrogens with two attached hydrogens (primary N) is 1. The fourth-order valence-electron chi connectivity index (χ4n) is 2.40. The highest BCUT2D eigenvalue weighted by atomic mass is 32.1. The van der Waals surface area contributed by atoms with Crippen molar-refractivity contribution >= 4 is 34.4 Å². The predicted octanol–water partition coefficient (Wildman–Crippen LogP) is 2.93. The molecule has 0 aliphatic heterocycles. The van der Waals surface area contributed by atoms with Gasteiger partial charge in [-0.2, -0.15) is 5.10 Å². The molecule has 112 valence electrons. The van der Waals surface area contributed by atoms with E-state index in [0.717, 1.165) is 42.0 Å². The lowest BCUT2D eigenvalue weighted by atomic mass is 10.0. The summed E-state index contributed by atoms with van der Waals surface area (Å²) in [6, 6.07) is 4.15. The third-order valence-corrected chi connectivity index (χ3v) is 4.47. The van der Waals surface area contributed by atoms with Crippen molar-refractivity contribution in [3.8, 4) is 0 Å². The molecule has 0 unspecified atom stereocenters. The Labute approximate surface area is 135 Å². The van der Waals surface area contributed by atoms with E-state index in [2.05, 4.69) is 40.4 Å². The summed E-state index contributed by atoms with van der Waals surface area (Å²) in [6.07, 6.45) is 1.69. The summed E-state index contributed by atoms with van der Waals surface area (Å²) in [5, 5.41) is 10.8. The first-order valence-corrected chi connectivity index (χ1v) is 8.29. The van der Waals surface area contributed by atoms with Crippen LogP contribution < -0.4 is 10.6 Å². The maximum atomic E-state index is 5.97. The number of rotatable bonds is 6. The summed E-state index contributed by atoms with van der Waals surface area (Å²) in [5.74, 6) is 0.768. The van der Waals surface area contributed by atoms with Crippen molar-refractivity contribution in [2.45, 2.75) is 33.2 Å². The molecular weight excluding hydrogens is 300 g/mol. The Morgan fingerprint density at radius 3 is 2.62 bits per heavy atom. The molecule has 0 saturated heterocycles. The van der Waals surface area contributed by atoms with E-state index in [1.165, 1.54) is 4.88 Å². The van der Waals surface area contributed by atoms with E-state index in [0.29, 0.717) is 4.99 Å². The van der Waals surface area contributed by atoms with Crippen molar-refractivity contribution in [2.24, 2.45) is 5.73 Å². The number of nitrogens with zero attached hydrogens (tertiary/aromatic N) is 3. The van der Waals surface area contributed by atoms with Crippen molar-refractivity contribution in [3.63, 3.8) is 0 Å². The average Bonchev–Trinajstić information content (AvgIpc) is 2.98. The van der Waals surface area contributed by atoms with Gasteiger partial charge in [0.05, 0.1) is 17.8 Å². The fraction of sp³-hybridized carbons (Fsp3) is 0.400. The fourth-order valence-corrected chi connectivity index (χ4v) is 3.37. The standard InChI is InChI=1S/C15H20N4S2/c1-4-11-12(5-2)17-18-15(13(11)14(16)20)19(3)9-10-7-6-8-21-10/h6-8H,4-5,9H2,1-3H3,(H2,16,20). The molecular formula is C15H20N4S2. The second-order valence-corrected chi connectivity index (χ2v) is 6.30. The first-order valence-electron chi connectivity index (χ1n) is 7.00. The molecule has 2 rings (SSSR count). The number of anilines is 1. The molecule has 0 aromatic carbocycles. The topological polar surface area (TPSA) is 55.0 Å². The maximum Gasteiger partial charge on any atom is 0.161 e. The van der Waals surface area contributed by atoms with Crippen LogP contribution in [0.5, 0.6) is 0 Å². The SMILES string of the molecule is CCc1nnc(N(C)Cc2cccs2)c(C(N)=S)c1CC. The maximum absolute atomic E-state index is 5.97. The Morgan fingerprint density at radius 2 is 2.10 bits per heavy atom. The molecule has 2 aromatic rings. The molecule has 6 heteroatoms. The number of aryl methyl sites for hydroxylation is 1. The first kappa shape index (κ1) is 15.9. The summed E-state index contributed by atoms with van der Waals surface area (Å²) in [6.45, 7) is 4.94. The van der Waals surface area contributed by atoms with Crippen molar-refractivity contribution in [3.05, 3.63) is 39.2 Å². The molecule has 2 aromatic heterocycles. The van der Waals surface area contributed by atoms with E-state index in [1.54, 1.807) is 11.3 Å². The molecule has 0 atom stereocenters. The third-order valence-electron chi connectivity index (χ3n) is 3.41. The van der Waals surface area contributed by atoms with Gasteiger partial charge in [0, 0.05) is 11.9 Å². The highest BCUT2D eigenvalue weighted by Gasteiger charge is 2.19. The normalized spacial score (nSPS) is 10.6. The summed E-state index contributed by atoms with van der Waals surface area (Å²) in [7, 11) is 2.00. The van der Waals surface area contributed by atoms with E-state index in [9.17, 15) is 0 Å². The van der Waals surface area contributed by atoms with Gasteiger partial charge >= 0.3 is 0 Å². The molecule has 0 saturated carbocycles. The van der Waals surface area contributed by atoms with Gasteiger partial charge in [-0.1, -0.05) is 32.1 Å². The Kier molecular flexibility index (Phi) is 5.25. The molecule has 2 N–H and O–H groups in total. The minimum Gasteiger partial charge on any atom is -0.389 e. The van der Waals surface area contributed by atoms with Crippen LogP contribution in [0.4, 0.5) is 5.82 Å². The number of hydrogen-bond donors (Lipinski definition) is 1. The van der Waals surface area contributed by atoms with Gasteiger partial charge in [0.25, 0.3) is 0 Å². The lowest BCUT2D eigenvalue weighted by molar-refractivity contribution is 0.825. The van der Waals surface area contributed by atoms with Crippen molar-refractivity contribution in [1.29, 1.82) is 0 Å². The Morgan fingerprint density at radius 1 is 1.33 bits per heavy atom. The second kappa shape index (κ2) is 6.95. The van der Waals surface area contributed by atoms with E-state index >= 15 is 0 Å². The predicted molar refractivity (Wildman–Crippen MR) is 93.1 cm³/mol. The molecule has 0 aliphatic carbocycles. The van der Waals surface area contributed by atoms with Crippen LogP contribution in [0.1, 0.15) is 35.5 Å². The van der Waals surface area contributed by atoms with E-state index < -0.39 is 0 Å². The zero-order valence-electron chi connectivity index (χ0n) is 12.6. The minimum absolute atomic E-state index is 0.393. The van der Waals surface area contributed by atoms with Gasteiger partial charge in [0.1, 0.15) is 4.99 Å². The molecule has 0 radical (unpaired) electrons. The molecule has 0 bridgehead atoms. The van der Waals surface area contributed by atoms with Gasteiger partial charge in [-0.05, 0) is 29.9 Å². The summed E-state index contributed by atoms with van der Waals surface area (Å²) in [4.78, 5) is 3.72. The summed E-state index contributed by atoms with van der Waals surface area (Å²) in [5.41, 5.74) is 8.94. The highest BCUT2D eigenvalue weighted by molar-refractivity contribution is 7.80. The average molecular weight is 320 g/mol. The van der Waals surface area contributed by atoms with E-state index in [1.807, 2.05) is 13.1 Å². The van der Waals surface area contributed by atoms with Crippen molar-refractivity contribution < 1.29 is 0 Å². The van der Waals surface area contributed by atoms with Crippen molar-refractivity contribution in [1.82, 2.24) is 10.2 Å². The lowest BCUT2D eigenvalue weighted by Crippen LogP contribution is -2.25. The third kappa shape index (κ3) is 3.39. The zero-order valence-corrected chi connectivity index (χ0v) is 14.2. The number of hydrogen-bond acceptors (Lipinski definition) is 5. The van der Waals surface area contributed by atoms with Crippen LogP contribution in [0.2, 0.25) is 0 Å². The quantitative estimate of drug-likeness (QED) is 0.829. The molecule has 0 amide bonds. The smallest absolute Gasteiger partial charge is 0.161 e. The van der Waals surface area contributed by atoms with Crippen LogP contribution in [-0.4, -0.2) is 22.2 Å². The van der Waals surface area contributed by atoms with Gasteiger partial charge < -0.3 is 10.6 Å². The van der Waals surface area contributed by atoms with E-state index in [-0.39, 0.29) is 0 Å². The van der Waals surface area contributed by atoms with Gasteiger partial charge in [0.15, 0.2) is 5.82 Å². The van der Waals surface area contributed by atoms with Gasteiger partial charge in [-0.25, -0.2) is 0 Å². The number of thiophene rings is 1. The monoisotopic (exact) mass is 320 g/mol. The summed E-state index contributed by atoms with van der Waals surface area (Å²) < 4.78 is 0. The molecule has 0 fully saturated rings. The first-order chi connectivity index (χ1) is 10.1. The van der Waals surface area contributed by atoms with E-state index in [4.69, 9.17) is 18.0 Å². The Balaban J connectivity index is 2.45. The van der Waals surface area contributed by atoms with Crippen LogP contribution in [0.25, 0.3) is 0 Å². The van der Waals surface area contributed by atoms with Crippen LogP contribution in [-0.2, 0) is 19.4 Å². The minimum atomic E-state index is 0.393. The number of thiocarbonyl (C=S) groups is 1. The molecule has 0 spiro atoms. The second-order valence-electron chi connectivity index (χ2n) is 4.83. The zero-order chi connectivity index (χ0) is 15.4. The van der Waals surface area contributed by atoms with Crippen LogP contribution in [0.3, 0.4) is 0 Å². The van der Waals surface area contributed by atoms with Gasteiger partial charge in [0.2, 0.25) is 0 Å². The van der Waals surface area contributed by atoms with Gasteiger partial charge in [-0.3, -0.25) is 0 Å². The molecule has 4 nitrogen and oxygen atoms in total.